The normalized spacial score (nSPS) is 16.8. The average molecular weight is 343 g/mol. The van der Waals surface area contributed by atoms with E-state index in [0.717, 1.165) is 43.1 Å². The molecule has 1 aliphatic heterocycles. The Balaban J connectivity index is 1.61. The topological polar surface area (TPSA) is 65.4 Å². The van der Waals surface area contributed by atoms with E-state index < -0.39 is 0 Å². The summed E-state index contributed by atoms with van der Waals surface area (Å²) in [4.78, 5) is 12.3. The molecular formula is C19H25N3O3. The van der Waals surface area contributed by atoms with Crippen LogP contribution in [0.2, 0.25) is 0 Å². The number of carbonyl (C=O) groups is 1. The molecule has 134 valence electrons. The summed E-state index contributed by atoms with van der Waals surface area (Å²) in [5.41, 5.74) is 2.68. The van der Waals surface area contributed by atoms with Crippen molar-refractivity contribution >= 4 is 5.91 Å². The number of ether oxygens (including phenoxy) is 2. The maximum absolute atomic E-state index is 12.3. The third kappa shape index (κ3) is 4.60. The van der Waals surface area contributed by atoms with Gasteiger partial charge in [-0.3, -0.25) is 9.48 Å². The van der Waals surface area contributed by atoms with Crippen molar-refractivity contribution < 1.29 is 14.3 Å². The summed E-state index contributed by atoms with van der Waals surface area (Å²) in [6.07, 6.45) is 4.38. The lowest BCUT2D eigenvalue weighted by molar-refractivity contribution is 0.0950. The standard InChI is InChI=1S/C19H25N3O3/c1-3-22-11-17(10-21-22)19(23)20-9-16-5-4-14(2)8-18(16)25-13-15-6-7-24-12-15/h4-5,8,10-11,15H,3,6-7,9,12-13H2,1-2H3,(H,20,23). The fourth-order valence-corrected chi connectivity index (χ4v) is 2.80. The van der Waals surface area contributed by atoms with E-state index in [9.17, 15) is 4.79 Å². The molecule has 0 saturated carbocycles. The van der Waals surface area contributed by atoms with Crippen LogP contribution in [0.1, 0.15) is 34.8 Å². The molecule has 0 aliphatic carbocycles. The monoisotopic (exact) mass is 343 g/mol. The Bertz CT molecular complexity index is 720. The Kier molecular flexibility index (Phi) is 5.71. The van der Waals surface area contributed by atoms with Crippen LogP contribution < -0.4 is 10.1 Å². The van der Waals surface area contributed by atoms with E-state index in [2.05, 4.69) is 10.4 Å². The van der Waals surface area contributed by atoms with Crippen molar-refractivity contribution in [1.29, 1.82) is 0 Å². The lowest BCUT2D eigenvalue weighted by Gasteiger charge is -2.15. The molecule has 1 unspecified atom stereocenters. The molecule has 3 rings (SSSR count). The Labute approximate surface area is 148 Å². The number of rotatable bonds is 7. The molecule has 2 aromatic rings. The molecule has 1 amide bonds. The van der Waals surface area contributed by atoms with Gasteiger partial charge in [0.15, 0.2) is 0 Å². The minimum atomic E-state index is -0.129. The van der Waals surface area contributed by atoms with Gasteiger partial charge in [0.05, 0.1) is 25.0 Å². The van der Waals surface area contributed by atoms with Gasteiger partial charge in [0.25, 0.3) is 5.91 Å². The summed E-state index contributed by atoms with van der Waals surface area (Å²) in [6.45, 7) is 7.41. The van der Waals surface area contributed by atoms with Gasteiger partial charge in [0, 0.05) is 37.4 Å². The number of hydrogen-bond donors (Lipinski definition) is 1. The average Bonchev–Trinajstić information content (AvgIpc) is 3.30. The molecule has 0 spiro atoms. The molecule has 0 radical (unpaired) electrons. The molecule has 1 atom stereocenters. The Morgan fingerprint density at radius 1 is 1.48 bits per heavy atom. The Morgan fingerprint density at radius 3 is 3.08 bits per heavy atom. The summed E-state index contributed by atoms with van der Waals surface area (Å²) in [5.74, 6) is 1.15. The molecule has 1 aromatic heterocycles. The first-order valence-corrected chi connectivity index (χ1v) is 8.76. The van der Waals surface area contributed by atoms with Gasteiger partial charge in [-0.25, -0.2) is 0 Å². The van der Waals surface area contributed by atoms with Crippen LogP contribution in [0.15, 0.2) is 30.6 Å². The predicted molar refractivity (Wildman–Crippen MR) is 94.7 cm³/mol. The summed E-state index contributed by atoms with van der Waals surface area (Å²) in [6, 6.07) is 6.06. The summed E-state index contributed by atoms with van der Waals surface area (Å²) in [5, 5.41) is 7.08. The van der Waals surface area contributed by atoms with Gasteiger partial charge in [0.1, 0.15) is 5.75 Å². The summed E-state index contributed by atoms with van der Waals surface area (Å²) >= 11 is 0. The van der Waals surface area contributed by atoms with Crippen LogP contribution in [0, 0.1) is 12.8 Å². The van der Waals surface area contributed by atoms with Gasteiger partial charge < -0.3 is 14.8 Å². The molecule has 1 fully saturated rings. The molecule has 6 heteroatoms. The van der Waals surface area contributed by atoms with Gasteiger partial charge in [-0.15, -0.1) is 0 Å². The number of benzene rings is 1. The SMILES string of the molecule is CCn1cc(C(=O)NCc2ccc(C)cc2OCC2CCOC2)cn1. The van der Waals surface area contributed by atoms with Crippen LogP contribution in [0.5, 0.6) is 5.75 Å². The minimum Gasteiger partial charge on any atom is -0.493 e. The zero-order valence-electron chi connectivity index (χ0n) is 14.8. The van der Waals surface area contributed by atoms with Crippen molar-refractivity contribution in [3.05, 3.63) is 47.3 Å². The van der Waals surface area contributed by atoms with E-state index >= 15 is 0 Å². The third-order valence-corrected chi connectivity index (χ3v) is 4.38. The number of aromatic nitrogens is 2. The highest BCUT2D eigenvalue weighted by atomic mass is 16.5. The zero-order chi connectivity index (χ0) is 17.6. The lowest BCUT2D eigenvalue weighted by atomic mass is 10.1. The zero-order valence-corrected chi connectivity index (χ0v) is 14.8. The fourth-order valence-electron chi connectivity index (χ4n) is 2.80. The molecule has 1 aliphatic rings. The van der Waals surface area contributed by atoms with Crippen LogP contribution in [-0.2, 0) is 17.8 Å². The highest BCUT2D eigenvalue weighted by Crippen LogP contribution is 2.22. The van der Waals surface area contributed by atoms with E-state index in [1.54, 1.807) is 17.1 Å². The third-order valence-electron chi connectivity index (χ3n) is 4.38. The first-order chi connectivity index (χ1) is 12.2. The minimum absolute atomic E-state index is 0.129. The van der Waals surface area contributed by atoms with Crippen molar-refractivity contribution in [2.45, 2.75) is 33.4 Å². The van der Waals surface area contributed by atoms with E-state index in [0.29, 0.717) is 24.6 Å². The molecular weight excluding hydrogens is 318 g/mol. The van der Waals surface area contributed by atoms with Gasteiger partial charge >= 0.3 is 0 Å². The van der Waals surface area contributed by atoms with E-state index in [1.165, 1.54) is 0 Å². The van der Waals surface area contributed by atoms with Crippen molar-refractivity contribution in [1.82, 2.24) is 15.1 Å². The van der Waals surface area contributed by atoms with E-state index in [-0.39, 0.29) is 5.91 Å². The number of nitrogens with zero attached hydrogens (tertiary/aromatic N) is 2. The quantitative estimate of drug-likeness (QED) is 0.839. The number of aryl methyl sites for hydroxylation is 2. The van der Waals surface area contributed by atoms with E-state index in [4.69, 9.17) is 9.47 Å². The van der Waals surface area contributed by atoms with Crippen molar-refractivity contribution in [2.24, 2.45) is 5.92 Å². The highest BCUT2D eigenvalue weighted by molar-refractivity contribution is 5.93. The van der Waals surface area contributed by atoms with E-state index in [1.807, 2.05) is 32.0 Å². The molecule has 6 nitrogen and oxygen atoms in total. The number of nitrogens with one attached hydrogen (secondary N) is 1. The van der Waals surface area contributed by atoms with Crippen LogP contribution in [0.25, 0.3) is 0 Å². The maximum Gasteiger partial charge on any atom is 0.254 e. The first kappa shape index (κ1) is 17.5. The highest BCUT2D eigenvalue weighted by Gasteiger charge is 2.17. The van der Waals surface area contributed by atoms with Crippen molar-refractivity contribution in [2.75, 3.05) is 19.8 Å². The Hall–Kier alpha value is -2.34. The van der Waals surface area contributed by atoms with Crippen LogP contribution in [-0.4, -0.2) is 35.5 Å². The number of carbonyl (C=O) groups excluding carboxylic acids is 1. The second kappa shape index (κ2) is 8.16. The van der Waals surface area contributed by atoms with Gasteiger partial charge in [-0.1, -0.05) is 12.1 Å². The molecule has 1 saturated heterocycles. The largest absolute Gasteiger partial charge is 0.493 e. The maximum atomic E-state index is 12.3. The van der Waals surface area contributed by atoms with Crippen LogP contribution >= 0.6 is 0 Å². The lowest BCUT2D eigenvalue weighted by Crippen LogP contribution is -2.23. The molecule has 0 bridgehead atoms. The predicted octanol–water partition coefficient (Wildman–Crippen LogP) is 2.56. The van der Waals surface area contributed by atoms with Crippen molar-refractivity contribution in [3.63, 3.8) is 0 Å². The molecule has 1 aromatic carbocycles. The fraction of sp³-hybridized carbons (Fsp3) is 0.474. The van der Waals surface area contributed by atoms with Gasteiger partial charge in [-0.2, -0.15) is 5.10 Å². The Morgan fingerprint density at radius 2 is 2.36 bits per heavy atom. The van der Waals surface area contributed by atoms with Gasteiger partial charge in [-0.05, 0) is 31.9 Å². The summed E-state index contributed by atoms with van der Waals surface area (Å²) < 4.78 is 13.1. The molecule has 2 heterocycles. The first-order valence-electron chi connectivity index (χ1n) is 8.76. The van der Waals surface area contributed by atoms with Crippen LogP contribution in [0.4, 0.5) is 0 Å². The van der Waals surface area contributed by atoms with Crippen molar-refractivity contribution in [3.8, 4) is 5.75 Å². The second-order valence-electron chi connectivity index (χ2n) is 6.42. The smallest absolute Gasteiger partial charge is 0.254 e. The van der Waals surface area contributed by atoms with Crippen LogP contribution in [0.3, 0.4) is 0 Å². The molecule has 1 N–H and O–H groups in total. The second-order valence-corrected chi connectivity index (χ2v) is 6.42. The number of hydrogen-bond acceptors (Lipinski definition) is 4. The summed E-state index contributed by atoms with van der Waals surface area (Å²) in [7, 11) is 0. The molecule has 25 heavy (non-hydrogen) atoms. The number of amides is 1. The van der Waals surface area contributed by atoms with Gasteiger partial charge in [0.2, 0.25) is 0 Å².